The van der Waals surface area contributed by atoms with Gasteiger partial charge in [0.15, 0.2) is 12.4 Å². The number of anilines is 1. The van der Waals surface area contributed by atoms with Crippen LogP contribution in [0.4, 0.5) is 5.00 Å². The summed E-state index contributed by atoms with van der Waals surface area (Å²) in [4.78, 5) is 61.3. The monoisotopic (exact) mass is 481 g/mol. The third kappa shape index (κ3) is 6.72. The van der Waals surface area contributed by atoms with Crippen LogP contribution in [0.3, 0.4) is 0 Å². The lowest BCUT2D eigenvalue weighted by atomic mass is 10.1. The summed E-state index contributed by atoms with van der Waals surface area (Å²) in [6.45, 7) is 4.48. The molecule has 0 aliphatic carbocycles. The third-order valence-corrected chi connectivity index (χ3v) is 6.15. The van der Waals surface area contributed by atoms with Crippen LogP contribution >= 0.6 is 22.7 Å². The summed E-state index contributed by atoms with van der Waals surface area (Å²) in [7, 11) is 0. The fourth-order valence-corrected chi connectivity index (χ4v) is 4.40. The number of Topliss-reactive ketones (excluding diaryl/α,β-unsaturated/α-hetero) is 1. The number of ketones is 1. The van der Waals surface area contributed by atoms with Gasteiger partial charge in [0.25, 0.3) is 5.91 Å². The number of esters is 3. The lowest BCUT2D eigenvalue weighted by molar-refractivity contribution is -0.147. The van der Waals surface area contributed by atoms with Crippen LogP contribution in [0.15, 0.2) is 17.5 Å². The summed E-state index contributed by atoms with van der Waals surface area (Å²) in [6, 6.07) is 3.41. The van der Waals surface area contributed by atoms with Gasteiger partial charge in [-0.15, -0.1) is 22.7 Å². The number of amides is 1. The van der Waals surface area contributed by atoms with Crippen LogP contribution in [-0.2, 0) is 23.8 Å². The summed E-state index contributed by atoms with van der Waals surface area (Å²) < 4.78 is 14.9. The summed E-state index contributed by atoms with van der Waals surface area (Å²) in [5.74, 6) is -2.91. The molecule has 0 spiro atoms. The first kappa shape index (κ1) is 25.2. The van der Waals surface area contributed by atoms with Gasteiger partial charge < -0.3 is 19.5 Å². The molecule has 1 N–H and O–H groups in total. The molecule has 0 fully saturated rings. The Kier molecular flexibility index (Phi) is 9.54. The van der Waals surface area contributed by atoms with Crippen LogP contribution in [0.1, 0.15) is 62.0 Å². The Labute approximate surface area is 192 Å². The molecule has 0 unspecified atom stereocenters. The smallest absolute Gasteiger partial charge is 0.348 e. The summed E-state index contributed by atoms with van der Waals surface area (Å²) >= 11 is 2.15. The molecule has 0 bridgehead atoms. The average Bonchev–Trinajstić information content (AvgIpc) is 3.39. The van der Waals surface area contributed by atoms with Gasteiger partial charge in [0, 0.05) is 6.42 Å². The van der Waals surface area contributed by atoms with Crippen LogP contribution in [-0.4, -0.2) is 49.4 Å². The van der Waals surface area contributed by atoms with Crippen LogP contribution in [0.2, 0.25) is 0 Å². The highest BCUT2D eigenvalue weighted by Crippen LogP contribution is 2.34. The third-order valence-electron chi connectivity index (χ3n) is 4.06. The zero-order valence-corrected chi connectivity index (χ0v) is 19.5. The zero-order chi connectivity index (χ0) is 23.7. The van der Waals surface area contributed by atoms with E-state index in [0.29, 0.717) is 10.4 Å². The van der Waals surface area contributed by atoms with Gasteiger partial charge in [-0.1, -0.05) is 6.07 Å². The van der Waals surface area contributed by atoms with Gasteiger partial charge in [-0.3, -0.25) is 14.4 Å². The molecule has 1 amide bonds. The van der Waals surface area contributed by atoms with E-state index in [9.17, 15) is 24.0 Å². The van der Waals surface area contributed by atoms with Crippen molar-refractivity contribution in [3.63, 3.8) is 0 Å². The average molecular weight is 482 g/mol. The van der Waals surface area contributed by atoms with E-state index >= 15 is 0 Å². The van der Waals surface area contributed by atoms with Crippen molar-refractivity contribution in [3.05, 3.63) is 38.4 Å². The van der Waals surface area contributed by atoms with Crippen molar-refractivity contribution in [2.45, 2.75) is 33.6 Å². The van der Waals surface area contributed by atoms with Gasteiger partial charge in [0.1, 0.15) is 9.88 Å². The highest BCUT2D eigenvalue weighted by Gasteiger charge is 2.27. The predicted octanol–water partition coefficient (Wildman–Crippen LogP) is 3.62. The van der Waals surface area contributed by atoms with Crippen molar-refractivity contribution < 1.29 is 38.2 Å². The number of hydrogen-bond donors (Lipinski definition) is 1. The summed E-state index contributed by atoms with van der Waals surface area (Å²) in [6.07, 6.45) is -0.190. The molecule has 2 aromatic rings. The standard InChI is InChI=1S/C21H23NO8S2/c1-4-28-20(26)17-12(3)18(21(27)29-5-2)32-19(17)22-15(24)11-30-16(25)9-8-13(23)14-7-6-10-31-14/h6-7,10H,4-5,8-9,11H2,1-3H3,(H,22,24). The van der Waals surface area contributed by atoms with Crippen molar-refractivity contribution in [1.82, 2.24) is 0 Å². The Bertz CT molecular complexity index is 994. The molecule has 0 atom stereocenters. The number of thiophene rings is 2. The van der Waals surface area contributed by atoms with Gasteiger partial charge >= 0.3 is 17.9 Å². The maximum absolute atomic E-state index is 12.3. The minimum atomic E-state index is -0.704. The molecule has 32 heavy (non-hydrogen) atoms. The number of nitrogens with one attached hydrogen (secondary N) is 1. The molecule has 0 aliphatic heterocycles. The Morgan fingerprint density at radius 3 is 2.28 bits per heavy atom. The second-order valence-corrected chi connectivity index (χ2v) is 8.28. The van der Waals surface area contributed by atoms with Crippen LogP contribution in [0, 0.1) is 6.92 Å². The number of carbonyl (C=O) groups is 5. The Morgan fingerprint density at radius 2 is 1.66 bits per heavy atom. The second-order valence-electron chi connectivity index (χ2n) is 6.31. The first-order valence-electron chi connectivity index (χ1n) is 9.78. The highest BCUT2D eigenvalue weighted by molar-refractivity contribution is 7.18. The van der Waals surface area contributed by atoms with Gasteiger partial charge in [-0.25, -0.2) is 9.59 Å². The van der Waals surface area contributed by atoms with E-state index in [1.807, 2.05) is 0 Å². The van der Waals surface area contributed by atoms with Crippen molar-refractivity contribution >= 4 is 57.3 Å². The highest BCUT2D eigenvalue weighted by atomic mass is 32.1. The minimum Gasteiger partial charge on any atom is -0.462 e. The molecule has 172 valence electrons. The largest absolute Gasteiger partial charge is 0.462 e. The SMILES string of the molecule is CCOC(=O)c1sc(NC(=O)COC(=O)CCC(=O)c2cccs2)c(C(=O)OCC)c1C. The molecule has 0 saturated heterocycles. The molecule has 11 heteroatoms. The fraction of sp³-hybridized carbons (Fsp3) is 0.381. The molecule has 2 aromatic heterocycles. The molecular weight excluding hydrogens is 458 g/mol. The maximum Gasteiger partial charge on any atom is 0.348 e. The number of ether oxygens (including phenoxy) is 3. The quantitative estimate of drug-likeness (QED) is 0.293. The lowest BCUT2D eigenvalue weighted by Gasteiger charge is -2.08. The van der Waals surface area contributed by atoms with Gasteiger partial charge in [-0.2, -0.15) is 0 Å². The lowest BCUT2D eigenvalue weighted by Crippen LogP contribution is -2.22. The fourth-order valence-electron chi connectivity index (χ4n) is 2.60. The van der Waals surface area contributed by atoms with Gasteiger partial charge in [-0.05, 0) is 37.8 Å². The Balaban J connectivity index is 1.99. The molecular formula is C21H23NO8S2. The predicted molar refractivity (Wildman–Crippen MR) is 118 cm³/mol. The normalized spacial score (nSPS) is 10.3. The number of hydrogen-bond acceptors (Lipinski definition) is 10. The summed E-state index contributed by atoms with van der Waals surface area (Å²) in [5.41, 5.74) is 0.368. The zero-order valence-electron chi connectivity index (χ0n) is 17.9. The van der Waals surface area contributed by atoms with Gasteiger partial charge in [0.2, 0.25) is 0 Å². The first-order valence-corrected chi connectivity index (χ1v) is 11.5. The second kappa shape index (κ2) is 12.1. The van der Waals surface area contributed by atoms with E-state index in [2.05, 4.69) is 5.32 Å². The topological polar surface area (TPSA) is 125 Å². The minimum absolute atomic E-state index is 0.0268. The van der Waals surface area contributed by atoms with Crippen molar-refractivity contribution in [3.8, 4) is 0 Å². The molecule has 2 heterocycles. The van der Waals surface area contributed by atoms with Crippen LogP contribution in [0.25, 0.3) is 0 Å². The Hall–Kier alpha value is -3.05. The van der Waals surface area contributed by atoms with Crippen molar-refractivity contribution in [2.24, 2.45) is 0 Å². The van der Waals surface area contributed by atoms with E-state index in [1.54, 1.807) is 38.3 Å². The van der Waals surface area contributed by atoms with E-state index in [-0.39, 0.29) is 47.3 Å². The Morgan fingerprint density at radius 1 is 0.969 bits per heavy atom. The molecule has 2 rings (SSSR count). The molecule has 0 aliphatic rings. The molecule has 0 aromatic carbocycles. The molecule has 0 radical (unpaired) electrons. The number of rotatable bonds is 11. The maximum atomic E-state index is 12.3. The molecule has 0 saturated carbocycles. The van der Waals surface area contributed by atoms with E-state index in [4.69, 9.17) is 14.2 Å². The van der Waals surface area contributed by atoms with E-state index in [0.717, 1.165) is 11.3 Å². The van der Waals surface area contributed by atoms with Crippen LogP contribution < -0.4 is 5.32 Å². The molecule has 9 nitrogen and oxygen atoms in total. The van der Waals surface area contributed by atoms with Crippen LogP contribution in [0.5, 0.6) is 0 Å². The van der Waals surface area contributed by atoms with Gasteiger partial charge in [0.05, 0.1) is 30.1 Å². The van der Waals surface area contributed by atoms with E-state index in [1.165, 1.54) is 11.3 Å². The first-order chi connectivity index (χ1) is 15.3. The summed E-state index contributed by atoms with van der Waals surface area (Å²) in [5, 5.41) is 4.34. The van der Waals surface area contributed by atoms with Crippen molar-refractivity contribution in [2.75, 3.05) is 25.1 Å². The number of carbonyl (C=O) groups excluding carboxylic acids is 5. The van der Waals surface area contributed by atoms with E-state index < -0.39 is 30.4 Å². The van der Waals surface area contributed by atoms with Crippen molar-refractivity contribution in [1.29, 1.82) is 0 Å².